The van der Waals surface area contributed by atoms with Crippen LogP contribution in [-0.2, 0) is 11.3 Å². The summed E-state index contributed by atoms with van der Waals surface area (Å²) in [5.41, 5.74) is 1.10. The van der Waals surface area contributed by atoms with E-state index in [9.17, 15) is 24.8 Å². The topological polar surface area (TPSA) is 126 Å². The predicted molar refractivity (Wildman–Crippen MR) is 123 cm³/mol. The number of nitrogens with zero attached hydrogens (tertiary/aromatic N) is 4. The normalized spacial score (nSPS) is 18.2. The van der Waals surface area contributed by atoms with Gasteiger partial charge in [0.05, 0.1) is 21.1 Å². The molecule has 176 valence electrons. The van der Waals surface area contributed by atoms with Crippen molar-refractivity contribution in [3.05, 3.63) is 61.9 Å². The molecule has 1 amide bonds. The van der Waals surface area contributed by atoms with Crippen LogP contribution in [-0.4, -0.2) is 54.1 Å². The van der Waals surface area contributed by atoms with Gasteiger partial charge in [-0.15, -0.1) is 0 Å². The zero-order chi connectivity index (χ0) is 24.3. The SMILES string of the molecule is Cc1cn([C@H]2CC[C@@H](O)O2)c(=O)n(CCCNC(=O)c2ccc([N+](C)(C)C)c(C#N)c2)c1=O. The summed E-state index contributed by atoms with van der Waals surface area (Å²) in [6, 6.07) is 7.15. The summed E-state index contributed by atoms with van der Waals surface area (Å²) in [7, 11) is 5.83. The van der Waals surface area contributed by atoms with Gasteiger partial charge in [-0.2, -0.15) is 5.26 Å². The number of aromatic nitrogens is 2. The Morgan fingerprint density at radius 2 is 2.03 bits per heavy atom. The summed E-state index contributed by atoms with van der Waals surface area (Å²) >= 11 is 0. The maximum absolute atomic E-state index is 12.8. The number of ether oxygens (including phenoxy) is 1. The molecule has 0 saturated carbocycles. The van der Waals surface area contributed by atoms with Crippen LogP contribution in [0.15, 0.2) is 34.0 Å². The molecule has 1 aliphatic heterocycles. The van der Waals surface area contributed by atoms with E-state index < -0.39 is 23.8 Å². The van der Waals surface area contributed by atoms with Crippen molar-refractivity contribution in [2.45, 2.75) is 45.2 Å². The van der Waals surface area contributed by atoms with Crippen molar-refractivity contribution in [3.63, 3.8) is 0 Å². The molecule has 0 bridgehead atoms. The Bertz CT molecular complexity index is 1200. The number of carbonyl (C=O) groups is 1. The Morgan fingerprint density at radius 1 is 1.30 bits per heavy atom. The fraction of sp³-hybridized carbons (Fsp3) is 0.478. The molecule has 2 atom stereocenters. The van der Waals surface area contributed by atoms with E-state index in [1.807, 2.05) is 21.1 Å². The van der Waals surface area contributed by atoms with Gasteiger partial charge in [-0.3, -0.25) is 23.2 Å². The van der Waals surface area contributed by atoms with Gasteiger partial charge in [0.1, 0.15) is 23.5 Å². The molecule has 0 unspecified atom stereocenters. The summed E-state index contributed by atoms with van der Waals surface area (Å²) < 4.78 is 8.27. The van der Waals surface area contributed by atoms with Crippen molar-refractivity contribution in [1.82, 2.24) is 18.9 Å². The molecule has 1 aromatic carbocycles. The van der Waals surface area contributed by atoms with Gasteiger partial charge >= 0.3 is 5.69 Å². The minimum Gasteiger partial charge on any atom is -0.368 e. The van der Waals surface area contributed by atoms with Crippen molar-refractivity contribution >= 4 is 11.6 Å². The molecule has 33 heavy (non-hydrogen) atoms. The van der Waals surface area contributed by atoms with Crippen LogP contribution in [0, 0.1) is 18.3 Å². The third-order valence-electron chi connectivity index (χ3n) is 5.60. The molecule has 1 saturated heterocycles. The molecule has 0 spiro atoms. The minimum atomic E-state index is -0.921. The number of aryl methyl sites for hydroxylation is 1. The fourth-order valence-corrected chi connectivity index (χ4v) is 3.86. The number of hydrogen-bond acceptors (Lipinski definition) is 6. The van der Waals surface area contributed by atoms with Crippen molar-refractivity contribution in [3.8, 4) is 6.07 Å². The molecular weight excluding hydrogens is 426 g/mol. The quantitative estimate of drug-likeness (QED) is 0.470. The average molecular weight is 457 g/mol. The van der Waals surface area contributed by atoms with E-state index in [-0.39, 0.29) is 19.0 Å². The molecule has 1 aliphatic rings. The van der Waals surface area contributed by atoms with E-state index >= 15 is 0 Å². The lowest BCUT2D eigenvalue weighted by atomic mass is 10.1. The van der Waals surface area contributed by atoms with Crippen LogP contribution < -0.4 is 21.0 Å². The van der Waals surface area contributed by atoms with Crippen LogP contribution in [0.2, 0.25) is 0 Å². The Kier molecular flexibility index (Phi) is 7.17. The largest absolute Gasteiger partial charge is 0.368 e. The van der Waals surface area contributed by atoms with Gasteiger partial charge in [0, 0.05) is 42.9 Å². The van der Waals surface area contributed by atoms with Gasteiger partial charge in [-0.1, -0.05) is 0 Å². The summed E-state index contributed by atoms with van der Waals surface area (Å²) in [6.45, 7) is 1.99. The third kappa shape index (κ3) is 5.39. The van der Waals surface area contributed by atoms with E-state index in [1.54, 1.807) is 25.1 Å². The highest BCUT2D eigenvalue weighted by Crippen LogP contribution is 2.25. The van der Waals surface area contributed by atoms with Crippen molar-refractivity contribution in [1.29, 1.82) is 5.26 Å². The highest BCUT2D eigenvalue weighted by molar-refractivity contribution is 5.95. The second-order valence-corrected chi connectivity index (χ2v) is 9.05. The number of nitriles is 1. The molecule has 2 N–H and O–H groups in total. The Labute approximate surface area is 191 Å². The van der Waals surface area contributed by atoms with E-state index in [4.69, 9.17) is 4.74 Å². The number of quaternary nitrogens is 1. The molecule has 1 aromatic heterocycles. The molecule has 2 heterocycles. The fourth-order valence-electron chi connectivity index (χ4n) is 3.86. The zero-order valence-corrected chi connectivity index (χ0v) is 19.4. The minimum absolute atomic E-state index is 0.124. The van der Waals surface area contributed by atoms with Crippen molar-refractivity contribution in [2.24, 2.45) is 0 Å². The smallest absolute Gasteiger partial charge is 0.333 e. The van der Waals surface area contributed by atoms with Crippen LogP contribution >= 0.6 is 0 Å². The van der Waals surface area contributed by atoms with E-state index in [0.717, 1.165) is 10.3 Å². The second kappa shape index (κ2) is 9.70. The van der Waals surface area contributed by atoms with E-state index in [1.165, 1.54) is 10.8 Å². The molecule has 2 aromatic rings. The standard InChI is InChI=1S/C23H29N5O5/c1-15-14-27(19-8-9-20(29)33-19)23(32)26(22(15)31)11-5-10-25-21(30)16-6-7-18(28(2,3)4)17(12-16)13-24/h6-7,12,14,19-20,29H,5,8-11H2,1-4H3/p+1/t19-,20+/m1/s1. The average Bonchev–Trinajstić information content (AvgIpc) is 3.20. The number of rotatable bonds is 7. The zero-order valence-electron chi connectivity index (χ0n) is 19.4. The summed E-state index contributed by atoms with van der Waals surface area (Å²) in [4.78, 5) is 37.8. The first kappa shape index (κ1) is 24.4. The first-order chi connectivity index (χ1) is 15.5. The van der Waals surface area contributed by atoms with Crippen molar-refractivity contribution in [2.75, 3.05) is 27.7 Å². The Balaban J connectivity index is 1.66. The number of aliphatic hydroxyl groups excluding tert-OH is 1. The van der Waals surface area contributed by atoms with Crippen LogP contribution in [0.4, 0.5) is 5.69 Å². The van der Waals surface area contributed by atoms with Crippen LogP contribution in [0.1, 0.15) is 47.0 Å². The highest BCUT2D eigenvalue weighted by Gasteiger charge is 2.27. The first-order valence-corrected chi connectivity index (χ1v) is 10.8. The van der Waals surface area contributed by atoms with Gasteiger partial charge in [-0.25, -0.2) is 4.79 Å². The van der Waals surface area contributed by atoms with E-state index in [2.05, 4.69) is 11.4 Å². The van der Waals surface area contributed by atoms with Gasteiger partial charge in [0.15, 0.2) is 6.29 Å². The third-order valence-corrected chi connectivity index (χ3v) is 5.60. The molecule has 0 radical (unpaired) electrons. The summed E-state index contributed by atoms with van der Waals surface area (Å²) in [5.74, 6) is -0.332. The molecule has 1 fully saturated rings. The molecule has 0 aliphatic carbocycles. The van der Waals surface area contributed by atoms with Crippen LogP contribution in [0.25, 0.3) is 0 Å². The van der Waals surface area contributed by atoms with Gasteiger partial charge in [0.2, 0.25) is 0 Å². The summed E-state index contributed by atoms with van der Waals surface area (Å²) in [6.07, 6.45) is 1.19. The van der Waals surface area contributed by atoms with Gasteiger partial charge in [-0.05, 0) is 31.9 Å². The predicted octanol–water partition coefficient (Wildman–Crippen LogP) is 0.834. The van der Waals surface area contributed by atoms with Gasteiger partial charge in [0.25, 0.3) is 11.5 Å². The lowest BCUT2D eigenvalue weighted by Gasteiger charge is -2.24. The van der Waals surface area contributed by atoms with Crippen LogP contribution in [0.5, 0.6) is 0 Å². The lowest BCUT2D eigenvalue weighted by Crippen LogP contribution is -2.42. The van der Waals surface area contributed by atoms with Gasteiger partial charge < -0.3 is 15.2 Å². The maximum atomic E-state index is 12.8. The molecular formula is C23H30N5O5+. The van der Waals surface area contributed by atoms with E-state index in [0.29, 0.717) is 40.4 Å². The Morgan fingerprint density at radius 3 is 2.64 bits per heavy atom. The Hall–Kier alpha value is -3.26. The number of carbonyl (C=O) groups excluding carboxylic acids is 1. The monoisotopic (exact) mass is 456 g/mol. The van der Waals surface area contributed by atoms with Crippen molar-refractivity contribution < 1.29 is 14.6 Å². The summed E-state index contributed by atoms with van der Waals surface area (Å²) in [5, 5.41) is 21.8. The second-order valence-electron chi connectivity index (χ2n) is 9.05. The number of benzene rings is 1. The number of amides is 1. The first-order valence-electron chi connectivity index (χ1n) is 10.8. The number of hydrogen-bond donors (Lipinski definition) is 2. The number of nitrogens with one attached hydrogen (secondary N) is 1. The van der Waals surface area contributed by atoms with Crippen LogP contribution in [0.3, 0.4) is 0 Å². The number of aliphatic hydroxyl groups is 1. The maximum Gasteiger partial charge on any atom is 0.333 e. The molecule has 10 heteroatoms. The highest BCUT2D eigenvalue weighted by atomic mass is 16.6. The molecule has 3 rings (SSSR count). The molecule has 10 nitrogen and oxygen atoms in total. The lowest BCUT2D eigenvalue weighted by molar-refractivity contribution is -0.114.